The van der Waals surface area contributed by atoms with Crippen LogP contribution in [0.4, 0.5) is 19.0 Å². The maximum absolute atomic E-state index is 12.4. The lowest BCUT2D eigenvalue weighted by atomic mass is 10.3. The molecule has 0 radical (unpaired) electrons. The van der Waals surface area contributed by atoms with Crippen molar-refractivity contribution in [3.63, 3.8) is 0 Å². The lowest BCUT2D eigenvalue weighted by Gasteiger charge is -2.36. The minimum Gasteiger partial charge on any atom is -0.406 e. The molecule has 1 aromatic heterocycles. The van der Waals surface area contributed by atoms with E-state index in [4.69, 9.17) is 14.6 Å². The van der Waals surface area contributed by atoms with E-state index in [-0.39, 0.29) is 5.75 Å². The number of aromatic nitrogens is 2. The summed E-state index contributed by atoms with van der Waals surface area (Å²) in [4.78, 5) is 7.15. The number of nitrogens with zero attached hydrogens (tertiary/aromatic N) is 5. The molecular weight excluding hydrogens is 439 g/mol. The van der Waals surface area contributed by atoms with Crippen molar-refractivity contribution >= 4 is 5.82 Å². The van der Waals surface area contributed by atoms with Crippen LogP contribution in [0.3, 0.4) is 0 Å². The number of rotatable bonds is 8. The average molecular weight is 470 g/mol. The third-order valence-electron chi connectivity index (χ3n) is 5.91. The molecule has 2 saturated heterocycles. The Morgan fingerprint density at radius 2 is 1.58 bits per heavy atom. The van der Waals surface area contributed by atoms with Gasteiger partial charge in [-0.1, -0.05) is 0 Å². The minimum atomic E-state index is -4.72. The molecule has 11 heteroatoms. The molecule has 182 valence electrons. The summed E-state index contributed by atoms with van der Waals surface area (Å²) in [6, 6.07) is 7.66. The van der Waals surface area contributed by atoms with E-state index in [0.717, 1.165) is 77.1 Å². The molecule has 33 heavy (non-hydrogen) atoms. The zero-order valence-electron chi connectivity index (χ0n) is 18.8. The van der Waals surface area contributed by atoms with Crippen LogP contribution in [0, 0.1) is 0 Å². The van der Waals surface area contributed by atoms with Gasteiger partial charge in [0, 0.05) is 65.5 Å². The van der Waals surface area contributed by atoms with Gasteiger partial charge in [-0.3, -0.25) is 9.80 Å². The van der Waals surface area contributed by atoms with Crippen LogP contribution in [0.5, 0.6) is 5.75 Å². The molecule has 2 aliphatic heterocycles. The van der Waals surface area contributed by atoms with Crippen molar-refractivity contribution in [2.45, 2.75) is 13.0 Å². The van der Waals surface area contributed by atoms with Crippen molar-refractivity contribution in [1.82, 2.24) is 19.6 Å². The normalized spacial score (nSPS) is 18.6. The first kappa shape index (κ1) is 23.8. The second kappa shape index (κ2) is 10.7. The number of methoxy groups -OCH3 is 1. The van der Waals surface area contributed by atoms with Gasteiger partial charge in [-0.25, -0.2) is 4.68 Å². The molecule has 2 fully saturated rings. The van der Waals surface area contributed by atoms with E-state index >= 15 is 0 Å². The number of piperazine rings is 1. The summed E-state index contributed by atoms with van der Waals surface area (Å²) in [7, 11) is 1.60. The quantitative estimate of drug-likeness (QED) is 0.589. The maximum atomic E-state index is 12.4. The fourth-order valence-corrected chi connectivity index (χ4v) is 4.13. The molecule has 0 bridgehead atoms. The van der Waals surface area contributed by atoms with Crippen LogP contribution < -0.4 is 9.64 Å². The molecule has 0 saturated carbocycles. The lowest BCUT2D eigenvalue weighted by Crippen LogP contribution is -2.49. The molecule has 0 amide bonds. The van der Waals surface area contributed by atoms with Gasteiger partial charge in [0.25, 0.3) is 0 Å². The number of halogens is 3. The Balaban J connectivity index is 1.37. The predicted molar refractivity (Wildman–Crippen MR) is 117 cm³/mol. The topological polar surface area (TPSA) is 55.2 Å². The fraction of sp³-hybridized carbons (Fsp3) is 0.591. The highest BCUT2D eigenvalue weighted by Gasteiger charge is 2.31. The van der Waals surface area contributed by atoms with Crippen LogP contribution in [0.15, 0.2) is 30.3 Å². The van der Waals surface area contributed by atoms with Crippen LogP contribution in [0.25, 0.3) is 5.69 Å². The van der Waals surface area contributed by atoms with Gasteiger partial charge in [0.05, 0.1) is 31.2 Å². The van der Waals surface area contributed by atoms with Crippen molar-refractivity contribution < 1.29 is 27.4 Å². The molecule has 4 rings (SSSR count). The van der Waals surface area contributed by atoms with Gasteiger partial charge >= 0.3 is 6.36 Å². The summed E-state index contributed by atoms with van der Waals surface area (Å²) in [6.45, 7) is 9.74. The van der Waals surface area contributed by atoms with Crippen LogP contribution in [-0.2, 0) is 16.1 Å². The van der Waals surface area contributed by atoms with Crippen LogP contribution in [0.1, 0.15) is 5.69 Å². The third kappa shape index (κ3) is 6.59. The SMILES string of the molecule is COCc1cc(N2CCN(CCN3CCOCC3)CC2)nn1-c1ccc(OC(F)(F)F)cc1. The Morgan fingerprint density at radius 3 is 2.18 bits per heavy atom. The Hall–Kier alpha value is -2.34. The minimum absolute atomic E-state index is 0.264. The summed E-state index contributed by atoms with van der Waals surface area (Å²) >= 11 is 0. The number of anilines is 1. The Kier molecular flexibility index (Phi) is 7.74. The van der Waals surface area contributed by atoms with Crippen molar-refractivity contribution in [1.29, 1.82) is 0 Å². The van der Waals surface area contributed by atoms with Crippen molar-refractivity contribution in [3.05, 3.63) is 36.0 Å². The molecule has 1 aromatic carbocycles. The molecule has 0 atom stereocenters. The van der Waals surface area contributed by atoms with Crippen LogP contribution in [0.2, 0.25) is 0 Å². The van der Waals surface area contributed by atoms with E-state index in [1.165, 1.54) is 12.1 Å². The highest BCUT2D eigenvalue weighted by molar-refractivity contribution is 5.45. The van der Waals surface area contributed by atoms with E-state index < -0.39 is 6.36 Å². The summed E-state index contributed by atoms with van der Waals surface area (Å²) < 4.78 is 53.7. The monoisotopic (exact) mass is 469 g/mol. The average Bonchev–Trinajstić information content (AvgIpc) is 3.22. The summed E-state index contributed by atoms with van der Waals surface area (Å²) in [5, 5.41) is 4.73. The predicted octanol–water partition coefficient (Wildman–Crippen LogP) is 2.37. The number of ether oxygens (including phenoxy) is 3. The molecule has 3 heterocycles. The molecule has 0 aliphatic carbocycles. The Labute approximate surface area is 191 Å². The van der Waals surface area contributed by atoms with Crippen molar-refractivity contribution in [2.75, 3.05) is 77.6 Å². The van der Waals surface area contributed by atoms with Gasteiger partial charge in [0.1, 0.15) is 5.75 Å². The van der Waals surface area contributed by atoms with Gasteiger partial charge in [-0.05, 0) is 24.3 Å². The maximum Gasteiger partial charge on any atom is 0.573 e. The second-order valence-corrected chi connectivity index (χ2v) is 8.16. The molecule has 2 aliphatic rings. The molecule has 0 unspecified atom stereocenters. The molecule has 2 aromatic rings. The van der Waals surface area contributed by atoms with E-state index in [9.17, 15) is 13.2 Å². The fourth-order valence-electron chi connectivity index (χ4n) is 4.13. The van der Waals surface area contributed by atoms with Crippen molar-refractivity contribution in [3.8, 4) is 11.4 Å². The van der Waals surface area contributed by atoms with Gasteiger partial charge in [0.2, 0.25) is 0 Å². The lowest BCUT2D eigenvalue weighted by molar-refractivity contribution is -0.274. The summed E-state index contributed by atoms with van der Waals surface area (Å²) in [5.41, 5.74) is 1.47. The second-order valence-electron chi connectivity index (χ2n) is 8.16. The number of alkyl halides is 3. The molecule has 0 spiro atoms. The molecular formula is C22H30F3N5O3. The van der Waals surface area contributed by atoms with Crippen LogP contribution >= 0.6 is 0 Å². The molecule has 0 N–H and O–H groups in total. The first-order chi connectivity index (χ1) is 15.9. The zero-order chi connectivity index (χ0) is 23.3. The molecule has 8 nitrogen and oxygen atoms in total. The highest BCUT2D eigenvalue weighted by Crippen LogP contribution is 2.26. The van der Waals surface area contributed by atoms with Gasteiger partial charge < -0.3 is 19.1 Å². The largest absolute Gasteiger partial charge is 0.573 e. The first-order valence-corrected chi connectivity index (χ1v) is 11.1. The Bertz CT molecular complexity index is 876. The van der Waals surface area contributed by atoms with Crippen LogP contribution in [-0.4, -0.2) is 98.6 Å². The number of hydrogen-bond acceptors (Lipinski definition) is 7. The highest BCUT2D eigenvalue weighted by atomic mass is 19.4. The number of benzene rings is 1. The zero-order valence-corrected chi connectivity index (χ0v) is 18.8. The smallest absolute Gasteiger partial charge is 0.406 e. The van der Waals surface area contributed by atoms with Gasteiger partial charge in [-0.15, -0.1) is 18.3 Å². The van der Waals surface area contributed by atoms with E-state index in [0.29, 0.717) is 12.3 Å². The van der Waals surface area contributed by atoms with E-state index in [2.05, 4.69) is 19.4 Å². The standard InChI is InChI=1S/C22H30F3N5O3/c1-31-17-19-16-21(26-30(19)18-2-4-20(5-3-18)33-22(23,24)25)29-10-8-27(9-11-29)6-7-28-12-14-32-15-13-28/h2-5,16H,6-15,17H2,1H3. The van der Waals surface area contributed by atoms with E-state index in [1.807, 2.05) is 6.07 Å². The summed E-state index contributed by atoms with van der Waals surface area (Å²) in [5.74, 6) is 0.575. The van der Waals surface area contributed by atoms with Gasteiger partial charge in [0.15, 0.2) is 5.82 Å². The summed E-state index contributed by atoms with van der Waals surface area (Å²) in [6.07, 6.45) is -4.72. The van der Waals surface area contributed by atoms with Crippen molar-refractivity contribution in [2.24, 2.45) is 0 Å². The number of hydrogen-bond donors (Lipinski definition) is 0. The number of morpholine rings is 1. The van der Waals surface area contributed by atoms with E-state index in [1.54, 1.807) is 23.9 Å². The Morgan fingerprint density at radius 1 is 0.939 bits per heavy atom. The first-order valence-electron chi connectivity index (χ1n) is 11.1. The van der Waals surface area contributed by atoms with Gasteiger partial charge in [-0.2, -0.15) is 0 Å². The third-order valence-corrected chi connectivity index (χ3v) is 5.91.